The molecule has 1 aromatic carbocycles. The van der Waals surface area contributed by atoms with E-state index in [1.807, 2.05) is 24.3 Å². The molecule has 3 nitrogen and oxygen atoms in total. The van der Waals surface area contributed by atoms with E-state index in [1.54, 1.807) is 0 Å². The summed E-state index contributed by atoms with van der Waals surface area (Å²) in [7, 11) is 0. The van der Waals surface area contributed by atoms with Gasteiger partial charge in [0.15, 0.2) is 0 Å². The quantitative estimate of drug-likeness (QED) is 0.755. The van der Waals surface area contributed by atoms with Crippen molar-refractivity contribution in [2.24, 2.45) is 0 Å². The highest BCUT2D eigenvalue weighted by Gasteiger charge is 2.42. The normalized spacial score (nSPS) is 21.9. The van der Waals surface area contributed by atoms with Gasteiger partial charge in [-0.1, -0.05) is 31.4 Å². The first-order chi connectivity index (χ1) is 9.73. The summed E-state index contributed by atoms with van der Waals surface area (Å²) in [5, 5.41) is 3.50. The first-order valence-corrected chi connectivity index (χ1v) is 8.58. The molecule has 0 radical (unpaired) electrons. The van der Waals surface area contributed by atoms with Crippen LogP contribution in [-0.2, 0) is 0 Å². The Bertz CT molecular complexity index is 489. The maximum absolute atomic E-state index is 13.0. The number of hydrogen-bond acceptors (Lipinski definition) is 2. The Balaban J connectivity index is 1.90. The van der Waals surface area contributed by atoms with Crippen molar-refractivity contribution in [1.82, 2.24) is 10.2 Å². The highest BCUT2D eigenvalue weighted by Crippen LogP contribution is 2.35. The molecule has 108 valence electrons. The zero-order chi connectivity index (χ0) is 14.0. The van der Waals surface area contributed by atoms with Crippen LogP contribution in [0.5, 0.6) is 0 Å². The summed E-state index contributed by atoms with van der Waals surface area (Å²) < 4.78 is 1.06. The molecule has 0 unspecified atom stereocenters. The second-order valence-electron chi connectivity index (χ2n) is 5.90. The van der Waals surface area contributed by atoms with Crippen molar-refractivity contribution in [3.05, 3.63) is 33.4 Å². The molecule has 1 N–H and O–H groups in total. The summed E-state index contributed by atoms with van der Waals surface area (Å²) in [5.41, 5.74) is 0.923. The minimum absolute atomic E-state index is 0.0620. The third kappa shape index (κ3) is 2.60. The van der Waals surface area contributed by atoms with Crippen LogP contribution in [-0.4, -0.2) is 36.0 Å². The van der Waals surface area contributed by atoms with E-state index in [9.17, 15) is 4.79 Å². The van der Waals surface area contributed by atoms with Crippen LogP contribution >= 0.6 is 22.6 Å². The molecule has 1 aromatic rings. The number of piperazine rings is 1. The molecule has 3 rings (SSSR count). The number of benzene rings is 1. The topological polar surface area (TPSA) is 32.3 Å². The van der Waals surface area contributed by atoms with Gasteiger partial charge in [-0.3, -0.25) is 4.79 Å². The van der Waals surface area contributed by atoms with Crippen LogP contribution in [0, 0.1) is 3.57 Å². The molecule has 1 aliphatic heterocycles. The first kappa shape index (κ1) is 14.3. The van der Waals surface area contributed by atoms with Gasteiger partial charge in [0.1, 0.15) is 0 Å². The van der Waals surface area contributed by atoms with E-state index in [-0.39, 0.29) is 11.4 Å². The lowest BCUT2D eigenvalue weighted by Gasteiger charge is -2.50. The number of amides is 1. The fourth-order valence-corrected chi connectivity index (χ4v) is 4.22. The Morgan fingerprint density at radius 3 is 2.70 bits per heavy atom. The summed E-state index contributed by atoms with van der Waals surface area (Å²) in [4.78, 5) is 15.2. The highest BCUT2D eigenvalue weighted by atomic mass is 127. The number of carbonyl (C=O) groups excluding carboxylic acids is 1. The van der Waals surface area contributed by atoms with Gasteiger partial charge in [0.2, 0.25) is 0 Å². The van der Waals surface area contributed by atoms with Gasteiger partial charge in [-0.2, -0.15) is 0 Å². The number of rotatable bonds is 1. The van der Waals surface area contributed by atoms with Crippen molar-refractivity contribution < 1.29 is 4.79 Å². The van der Waals surface area contributed by atoms with Crippen LogP contribution in [0.15, 0.2) is 24.3 Å². The summed E-state index contributed by atoms with van der Waals surface area (Å²) >= 11 is 2.27. The molecule has 2 fully saturated rings. The molecule has 0 aromatic heterocycles. The van der Waals surface area contributed by atoms with Gasteiger partial charge in [0.05, 0.1) is 11.1 Å². The standard InChI is InChI=1S/C16H21IN2O/c17-14-7-3-2-6-13(14)15(20)19-11-10-18-12-16(19)8-4-1-5-9-16/h2-3,6-7,18H,1,4-5,8-12H2. The van der Waals surface area contributed by atoms with Crippen LogP contribution in [0.1, 0.15) is 42.5 Å². The minimum Gasteiger partial charge on any atom is -0.330 e. The molecule has 20 heavy (non-hydrogen) atoms. The van der Waals surface area contributed by atoms with Gasteiger partial charge in [0, 0.05) is 23.2 Å². The predicted molar refractivity (Wildman–Crippen MR) is 88.9 cm³/mol. The largest absolute Gasteiger partial charge is 0.330 e. The molecule has 1 saturated heterocycles. The zero-order valence-electron chi connectivity index (χ0n) is 11.7. The minimum atomic E-state index is 0.0620. The molecule has 1 saturated carbocycles. The lowest BCUT2D eigenvalue weighted by Crippen LogP contribution is -2.63. The molecule has 1 heterocycles. The van der Waals surface area contributed by atoms with E-state index in [1.165, 1.54) is 19.3 Å². The van der Waals surface area contributed by atoms with E-state index >= 15 is 0 Å². The Morgan fingerprint density at radius 2 is 1.95 bits per heavy atom. The second kappa shape index (κ2) is 6.02. The molecule has 4 heteroatoms. The summed E-state index contributed by atoms with van der Waals surface area (Å²) in [6.07, 6.45) is 6.10. The van der Waals surface area contributed by atoms with Crippen molar-refractivity contribution in [2.75, 3.05) is 19.6 Å². The van der Waals surface area contributed by atoms with Crippen LogP contribution in [0.2, 0.25) is 0 Å². The molecule has 1 amide bonds. The van der Waals surface area contributed by atoms with Gasteiger partial charge >= 0.3 is 0 Å². The number of carbonyl (C=O) groups is 1. The smallest absolute Gasteiger partial charge is 0.255 e. The molecular formula is C16H21IN2O. The zero-order valence-corrected chi connectivity index (χ0v) is 13.9. The number of nitrogens with zero attached hydrogens (tertiary/aromatic N) is 1. The Labute approximate surface area is 134 Å². The SMILES string of the molecule is O=C(c1ccccc1I)N1CCNCC12CCCCC2. The van der Waals surface area contributed by atoms with Crippen LogP contribution in [0.4, 0.5) is 0 Å². The van der Waals surface area contributed by atoms with E-state index in [4.69, 9.17) is 0 Å². The summed E-state index contributed by atoms with van der Waals surface area (Å²) in [6, 6.07) is 7.93. The van der Waals surface area contributed by atoms with Crippen LogP contribution < -0.4 is 5.32 Å². The van der Waals surface area contributed by atoms with E-state index in [0.717, 1.165) is 41.6 Å². The molecule has 0 atom stereocenters. The summed E-state index contributed by atoms with van der Waals surface area (Å²) in [5.74, 6) is 0.221. The maximum Gasteiger partial charge on any atom is 0.255 e. The number of hydrogen-bond donors (Lipinski definition) is 1. The molecule has 2 aliphatic rings. The highest BCUT2D eigenvalue weighted by molar-refractivity contribution is 14.1. The maximum atomic E-state index is 13.0. The summed E-state index contributed by atoms with van der Waals surface area (Å²) in [6.45, 7) is 2.71. The first-order valence-electron chi connectivity index (χ1n) is 7.50. The van der Waals surface area contributed by atoms with Gasteiger partial charge < -0.3 is 10.2 Å². The molecule has 1 spiro atoms. The monoisotopic (exact) mass is 384 g/mol. The number of nitrogens with one attached hydrogen (secondary N) is 1. The van der Waals surface area contributed by atoms with Crippen molar-refractivity contribution >= 4 is 28.5 Å². The lowest BCUT2D eigenvalue weighted by atomic mass is 9.78. The van der Waals surface area contributed by atoms with Crippen LogP contribution in [0.3, 0.4) is 0 Å². The third-order valence-electron chi connectivity index (χ3n) is 4.67. The molecular weight excluding hydrogens is 363 g/mol. The lowest BCUT2D eigenvalue weighted by molar-refractivity contribution is 0.0221. The Hall–Kier alpha value is -0.620. The fourth-order valence-electron chi connectivity index (χ4n) is 3.60. The van der Waals surface area contributed by atoms with E-state index in [2.05, 4.69) is 32.8 Å². The van der Waals surface area contributed by atoms with Crippen molar-refractivity contribution in [2.45, 2.75) is 37.6 Å². The third-order valence-corrected chi connectivity index (χ3v) is 5.61. The Morgan fingerprint density at radius 1 is 1.20 bits per heavy atom. The van der Waals surface area contributed by atoms with Gasteiger partial charge in [-0.05, 0) is 47.6 Å². The van der Waals surface area contributed by atoms with Crippen molar-refractivity contribution in [1.29, 1.82) is 0 Å². The average Bonchev–Trinajstić information content (AvgIpc) is 2.48. The molecule has 0 bridgehead atoms. The second-order valence-corrected chi connectivity index (χ2v) is 7.06. The molecule has 1 aliphatic carbocycles. The van der Waals surface area contributed by atoms with Gasteiger partial charge in [-0.15, -0.1) is 0 Å². The predicted octanol–water partition coefficient (Wildman–Crippen LogP) is 3.04. The van der Waals surface area contributed by atoms with E-state index in [0.29, 0.717) is 0 Å². The van der Waals surface area contributed by atoms with Crippen molar-refractivity contribution in [3.63, 3.8) is 0 Å². The van der Waals surface area contributed by atoms with Crippen LogP contribution in [0.25, 0.3) is 0 Å². The van der Waals surface area contributed by atoms with Gasteiger partial charge in [-0.25, -0.2) is 0 Å². The Kier molecular flexibility index (Phi) is 4.31. The average molecular weight is 384 g/mol. The van der Waals surface area contributed by atoms with E-state index < -0.39 is 0 Å². The number of halogens is 1. The van der Waals surface area contributed by atoms with Crippen molar-refractivity contribution in [3.8, 4) is 0 Å². The fraction of sp³-hybridized carbons (Fsp3) is 0.562. The van der Waals surface area contributed by atoms with Gasteiger partial charge in [0.25, 0.3) is 5.91 Å².